The third-order valence-electron chi connectivity index (χ3n) is 3.08. The topological polar surface area (TPSA) is 64.8 Å². The number of halogens is 1. The molecule has 21 heavy (non-hydrogen) atoms. The average Bonchev–Trinajstić information content (AvgIpc) is 2.82. The Morgan fingerprint density at radius 3 is 2.81 bits per heavy atom. The van der Waals surface area contributed by atoms with Crippen molar-refractivity contribution in [2.75, 3.05) is 19.8 Å². The SMILES string of the molecule is CC(C)OCN1CCN(Cc2ccc(Cl)nc2)C1=NC#N. The van der Waals surface area contributed by atoms with E-state index in [0.29, 0.717) is 24.4 Å². The number of nitriles is 1. The maximum atomic E-state index is 8.88. The summed E-state index contributed by atoms with van der Waals surface area (Å²) < 4.78 is 5.60. The van der Waals surface area contributed by atoms with Crippen molar-refractivity contribution in [3.8, 4) is 6.19 Å². The van der Waals surface area contributed by atoms with Crippen LogP contribution in [0.15, 0.2) is 23.3 Å². The van der Waals surface area contributed by atoms with Gasteiger partial charge in [0, 0.05) is 25.8 Å². The molecule has 1 aliphatic heterocycles. The summed E-state index contributed by atoms with van der Waals surface area (Å²) in [6.45, 7) is 6.62. The molecule has 0 unspecified atom stereocenters. The Hall–Kier alpha value is -1.84. The van der Waals surface area contributed by atoms with Gasteiger partial charge in [0.05, 0.1) is 6.10 Å². The second kappa shape index (κ2) is 7.25. The third-order valence-corrected chi connectivity index (χ3v) is 3.30. The molecule has 112 valence electrons. The van der Waals surface area contributed by atoms with Crippen LogP contribution < -0.4 is 0 Å². The lowest BCUT2D eigenvalue weighted by atomic mass is 10.3. The van der Waals surface area contributed by atoms with Crippen LogP contribution in [-0.2, 0) is 11.3 Å². The van der Waals surface area contributed by atoms with E-state index in [4.69, 9.17) is 21.6 Å². The lowest BCUT2D eigenvalue weighted by molar-refractivity contribution is 0.0263. The van der Waals surface area contributed by atoms with Crippen LogP contribution in [0.1, 0.15) is 19.4 Å². The molecule has 1 aromatic heterocycles. The van der Waals surface area contributed by atoms with Crippen molar-refractivity contribution in [2.45, 2.75) is 26.5 Å². The van der Waals surface area contributed by atoms with Crippen molar-refractivity contribution < 1.29 is 4.74 Å². The van der Waals surface area contributed by atoms with Gasteiger partial charge in [-0.3, -0.25) is 0 Å². The molecule has 1 saturated heterocycles. The van der Waals surface area contributed by atoms with Crippen molar-refractivity contribution in [2.24, 2.45) is 4.99 Å². The second-order valence-electron chi connectivity index (χ2n) is 5.03. The molecule has 0 saturated carbocycles. The van der Waals surface area contributed by atoms with E-state index in [2.05, 4.69) is 9.98 Å². The van der Waals surface area contributed by atoms with E-state index in [9.17, 15) is 0 Å². The first-order valence-electron chi connectivity index (χ1n) is 6.79. The maximum Gasteiger partial charge on any atom is 0.214 e. The highest BCUT2D eigenvalue weighted by Crippen LogP contribution is 2.15. The van der Waals surface area contributed by atoms with Crippen molar-refractivity contribution in [3.05, 3.63) is 29.0 Å². The fourth-order valence-corrected chi connectivity index (χ4v) is 2.17. The zero-order chi connectivity index (χ0) is 15.2. The number of hydrogen-bond acceptors (Lipinski definition) is 4. The van der Waals surface area contributed by atoms with Gasteiger partial charge in [0.15, 0.2) is 0 Å². The number of hydrogen-bond donors (Lipinski definition) is 0. The van der Waals surface area contributed by atoms with Crippen LogP contribution in [0.4, 0.5) is 0 Å². The molecule has 0 amide bonds. The first kappa shape index (κ1) is 15.5. The normalized spacial score (nSPS) is 16.8. The standard InChI is InChI=1S/C14H18ClN5O/c1-11(2)21-10-20-6-5-19(14(20)18-9-16)8-12-3-4-13(15)17-7-12/h3-4,7,11H,5-6,8,10H2,1-2H3. The van der Waals surface area contributed by atoms with Gasteiger partial charge >= 0.3 is 0 Å². The summed E-state index contributed by atoms with van der Waals surface area (Å²) in [4.78, 5) is 12.0. The number of ether oxygens (including phenoxy) is 1. The summed E-state index contributed by atoms with van der Waals surface area (Å²) in [6.07, 6.45) is 3.74. The predicted octanol–water partition coefficient (Wildman–Crippen LogP) is 2.07. The van der Waals surface area contributed by atoms with Gasteiger partial charge in [-0.25, -0.2) is 4.98 Å². The van der Waals surface area contributed by atoms with Crippen LogP contribution in [-0.4, -0.2) is 46.7 Å². The molecular weight excluding hydrogens is 290 g/mol. The van der Waals surface area contributed by atoms with E-state index in [1.807, 2.05) is 35.9 Å². The molecule has 0 aliphatic carbocycles. The van der Waals surface area contributed by atoms with Crippen LogP contribution >= 0.6 is 11.6 Å². The lowest BCUT2D eigenvalue weighted by Gasteiger charge is -2.22. The van der Waals surface area contributed by atoms with Gasteiger partial charge in [-0.05, 0) is 25.5 Å². The van der Waals surface area contributed by atoms with Gasteiger partial charge in [0.1, 0.15) is 11.9 Å². The van der Waals surface area contributed by atoms with E-state index in [0.717, 1.165) is 18.7 Å². The molecule has 0 atom stereocenters. The number of rotatable bonds is 5. The van der Waals surface area contributed by atoms with Crippen molar-refractivity contribution >= 4 is 17.6 Å². The third kappa shape index (κ3) is 4.31. The largest absolute Gasteiger partial charge is 0.358 e. The molecule has 2 heterocycles. The van der Waals surface area contributed by atoms with E-state index in [-0.39, 0.29) is 6.10 Å². The molecular formula is C14H18ClN5O. The Kier molecular flexibility index (Phi) is 5.37. The number of pyridine rings is 1. The molecule has 7 heteroatoms. The van der Waals surface area contributed by atoms with E-state index >= 15 is 0 Å². The molecule has 2 rings (SSSR count). The Bertz CT molecular complexity index is 537. The quantitative estimate of drug-likeness (QED) is 0.615. The lowest BCUT2D eigenvalue weighted by Crippen LogP contribution is -2.35. The minimum absolute atomic E-state index is 0.142. The molecule has 6 nitrogen and oxygen atoms in total. The number of aliphatic imine (C=N–C) groups is 1. The summed E-state index contributed by atoms with van der Waals surface area (Å²) in [5.41, 5.74) is 1.02. The van der Waals surface area contributed by atoms with E-state index in [1.54, 1.807) is 12.3 Å². The van der Waals surface area contributed by atoms with Gasteiger partial charge in [-0.1, -0.05) is 17.7 Å². The fraction of sp³-hybridized carbons (Fsp3) is 0.500. The average molecular weight is 308 g/mol. The Labute approximate surface area is 129 Å². The van der Waals surface area contributed by atoms with Crippen LogP contribution in [0, 0.1) is 11.5 Å². The summed E-state index contributed by atoms with van der Waals surface area (Å²) in [6, 6.07) is 3.68. The molecule has 1 aliphatic rings. The van der Waals surface area contributed by atoms with Crippen LogP contribution in [0.25, 0.3) is 0 Å². The monoisotopic (exact) mass is 307 g/mol. The summed E-state index contributed by atoms with van der Waals surface area (Å²) in [7, 11) is 0. The minimum atomic E-state index is 0.142. The van der Waals surface area contributed by atoms with Gasteiger partial charge in [-0.15, -0.1) is 4.99 Å². The zero-order valence-electron chi connectivity index (χ0n) is 12.2. The maximum absolute atomic E-state index is 8.88. The summed E-state index contributed by atoms with van der Waals surface area (Å²) >= 11 is 5.78. The first-order valence-corrected chi connectivity index (χ1v) is 7.16. The Balaban J connectivity index is 2.04. The molecule has 0 N–H and O–H groups in total. The van der Waals surface area contributed by atoms with Crippen LogP contribution in [0.3, 0.4) is 0 Å². The van der Waals surface area contributed by atoms with E-state index in [1.165, 1.54) is 0 Å². The fourth-order valence-electron chi connectivity index (χ4n) is 2.06. The highest BCUT2D eigenvalue weighted by molar-refractivity contribution is 6.29. The van der Waals surface area contributed by atoms with Gasteiger partial charge in [0.2, 0.25) is 12.2 Å². The van der Waals surface area contributed by atoms with Gasteiger partial charge in [0.25, 0.3) is 0 Å². The summed E-state index contributed by atoms with van der Waals surface area (Å²) in [5, 5.41) is 9.35. The second-order valence-corrected chi connectivity index (χ2v) is 5.42. The molecule has 1 fully saturated rings. The van der Waals surface area contributed by atoms with Gasteiger partial charge in [-0.2, -0.15) is 5.26 Å². The van der Waals surface area contributed by atoms with Crippen LogP contribution in [0.5, 0.6) is 0 Å². The van der Waals surface area contributed by atoms with Gasteiger partial charge < -0.3 is 14.5 Å². The number of nitrogens with zero attached hydrogens (tertiary/aromatic N) is 5. The smallest absolute Gasteiger partial charge is 0.214 e. The van der Waals surface area contributed by atoms with E-state index < -0.39 is 0 Å². The molecule has 0 radical (unpaired) electrons. The number of aromatic nitrogens is 1. The van der Waals surface area contributed by atoms with Crippen LogP contribution in [0.2, 0.25) is 5.15 Å². The molecule has 0 aromatic carbocycles. The molecule has 0 spiro atoms. The Morgan fingerprint density at radius 2 is 2.19 bits per heavy atom. The predicted molar refractivity (Wildman–Crippen MR) is 80.5 cm³/mol. The van der Waals surface area contributed by atoms with Crippen molar-refractivity contribution in [3.63, 3.8) is 0 Å². The molecule has 0 bridgehead atoms. The highest BCUT2D eigenvalue weighted by Gasteiger charge is 2.27. The Morgan fingerprint density at radius 1 is 1.43 bits per heavy atom. The zero-order valence-corrected chi connectivity index (χ0v) is 12.9. The first-order chi connectivity index (χ1) is 10.1. The van der Waals surface area contributed by atoms with Crippen molar-refractivity contribution in [1.82, 2.24) is 14.8 Å². The van der Waals surface area contributed by atoms with Crippen molar-refractivity contribution in [1.29, 1.82) is 5.26 Å². The molecule has 1 aromatic rings. The number of guanidine groups is 1. The highest BCUT2D eigenvalue weighted by atomic mass is 35.5. The summed E-state index contributed by atoms with van der Waals surface area (Å²) in [5.74, 6) is 0.646. The minimum Gasteiger partial charge on any atom is -0.358 e.